The van der Waals surface area contributed by atoms with Crippen molar-refractivity contribution in [1.82, 2.24) is 0 Å². The van der Waals surface area contributed by atoms with E-state index in [0.29, 0.717) is 0 Å². The minimum Gasteiger partial charge on any atom is -0.103 e. The van der Waals surface area contributed by atoms with Crippen LogP contribution in [0.5, 0.6) is 0 Å². The Bertz CT molecular complexity index is 120. The first kappa shape index (κ1) is 22.9. The van der Waals surface area contributed by atoms with Gasteiger partial charge in [-0.15, -0.1) is 6.58 Å². The van der Waals surface area contributed by atoms with Crippen molar-refractivity contribution in [2.45, 2.75) is 93.4 Å². The van der Waals surface area contributed by atoms with E-state index in [9.17, 15) is 0 Å². The van der Waals surface area contributed by atoms with Gasteiger partial charge in [-0.3, -0.25) is 0 Å². The van der Waals surface area contributed by atoms with Crippen molar-refractivity contribution in [3.63, 3.8) is 0 Å². The Kier molecular flexibility index (Phi) is 27.9. The predicted molar refractivity (Wildman–Crippen MR) is 89.2 cm³/mol. The van der Waals surface area contributed by atoms with Gasteiger partial charge in [-0.25, -0.2) is 0 Å². The zero-order valence-electron chi connectivity index (χ0n) is 14.4. The Morgan fingerprint density at radius 1 is 0.889 bits per heavy atom. The fourth-order valence-electron chi connectivity index (χ4n) is 1.72. The highest BCUT2D eigenvalue weighted by molar-refractivity contribution is 4.52. The monoisotopic (exact) mass is 256 g/mol. The van der Waals surface area contributed by atoms with Crippen LogP contribution in [0.4, 0.5) is 0 Å². The van der Waals surface area contributed by atoms with Crippen molar-refractivity contribution in [3.8, 4) is 0 Å². The van der Waals surface area contributed by atoms with Crippen LogP contribution in [0.1, 0.15) is 93.4 Å². The van der Waals surface area contributed by atoms with Gasteiger partial charge in [0, 0.05) is 0 Å². The van der Waals surface area contributed by atoms with Gasteiger partial charge in [0.1, 0.15) is 0 Å². The number of hydrogen-bond donors (Lipinski definition) is 0. The first-order valence-corrected chi connectivity index (χ1v) is 8.10. The van der Waals surface area contributed by atoms with Crippen molar-refractivity contribution in [2.24, 2.45) is 11.8 Å². The molecule has 0 N–H and O–H groups in total. The molecule has 112 valence electrons. The summed E-state index contributed by atoms with van der Waals surface area (Å²) in [6, 6.07) is 0. The second-order valence-corrected chi connectivity index (χ2v) is 5.42. The van der Waals surface area contributed by atoms with Crippen LogP contribution in [0.3, 0.4) is 0 Å². The van der Waals surface area contributed by atoms with E-state index in [1.54, 1.807) is 6.08 Å². The lowest BCUT2D eigenvalue weighted by atomic mass is 9.98. The quantitative estimate of drug-likeness (QED) is 0.421. The third-order valence-electron chi connectivity index (χ3n) is 2.99. The van der Waals surface area contributed by atoms with Gasteiger partial charge in [-0.2, -0.15) is 0 Å². The molecule has 0 saturated heterocycles. The molecule has 0 rings (SSSR count). The molecular formula is C18H40. The van der Waals surface area contributed by atoms with Gasteiger partial charge in [-0.05, 0) is 18.8 Å². The van der Waals surface area contributed by atoms with Crippen LogP contribution < -0.4 is 0 Å². The Hall–Kier alpha value is -0.260. The van der Waals surface area contributed by atoms with Crippen molar-refractivity contribution in [3.05, 3.63) is 12.7 Å². The highest BCUT2D eigenvalue weighted by atomic mass is 14.0. The lowest BCUT2D eigenvalue weighted by Gasteiger charge is -2.08. The maximum Gasteiger partial charge on any atom is -0.0420 e. The van der Waals surface area contributed by atoms with Crippen LogP contribution in [-0.2, 0) is 0 Å². The standard InChI is InChI=1S/C8H18.C7H16.C3H6/c1-4-7-8(5-2)6-3;1-4-5-6-7(2)3;1-3-2/h8H,4-7H2,1-3H3;7H,4-6H2,1-3H3;3H,1H2,2H3. The summed E-state index contributed by atoms with van der Waals surface area (Å²) in [5, 5.41) is 0. The van der Waals surface area contributed by atoms with Crippen LogP contribution in [0.2, 0.25) is 0 Å². The lowest BCUT2D eigenvalue weighted by Crippen LogP contribution is -1.94. The molecular weight excluding hydrogens is 216 g/mol. The summed E-state index contributed by atoms with van der Waals surface area (Å²) in [6.07, 6.45) is 11.4. The molecule has 0 amide bonds. The van der Waals surface area contributed by atoms with E-state index >= 15 is 0 Å². The second kappa shape index (κ2) is 22.0. The molecule has 0 aromatic rings. The SMILES string of the molecule is C=CC.CCCC(CC)CC.CCCCC(C)C. The van der Waals surface area contributed by atoms with E-state index in [1.807, 2.05) is 6.92 Å². The van der Waals surface area contributed by atoms with Crippen LogP contribution in [0.25, 0.3) is 0 Å². The maximum atomic E-state index is 3.36. The van der Waals surface area contributed by atoms with Gasteiger partial charge in [0.05, 0.1) is 0 Å². The average molecular weight is 257 g/mol. The molecule has 0 radical (unpaired) electrons. The Balaban J connectivity index is -0.000000207. The predicted octanol–water partition coefficient (Wildman–Crippen LogP) is 7.25. The molecule has 0 nitrogen and oxygen atoms in total. The van der Waals surface area contributed by atoms with Crippen LogP contribution in [0, 0.1) is 11.8 Å². The maximum absolute atomic E-state index is 3.36. The van der Waals surface area contributed by atoms with E-state index < -0.39 is 0 Å². The summed E-state index contributed by atoms with van der Waals surface area (Å²) < 4.78 is 0. The van der Waals surface area contributed by atoms with E-state index in [1.165, 1.54) is 44.9 Å². The molecule has 0 atom stereocenters. The fraction of sp³-hybridized carbons (Fsp3) is 0.889. The summed E-state index contributed by atoms with van der Waals surface area (Å²) in [6.45, 7) is 18.9. The zero-order valence-corrected chi connectivity index (χ0v) is 14.4. The number of hydrogen-bond acceptors (Lipinski definition) is 0. The second-order valence-electron chi connectivity index (χ2n) is 5.42. The highest BCUT2D eigenvalue weighted by Crippen LogP contribution is 2.13. The molecule has 0 bridgehead atoms. The van der Waals surface area contributed by atoms with Gasteiger partial charge in [0.2, 0.25) is 0 Å². The van der Waals surface area contributed by atoms with E-state index in [0.717, 1.165) is 11.8 Å². The van der Waals surface area contributed by atoms with E-state index in [2.05, 4.69) is 48.1 Å². The minimum absolute atomic E-state index is 0.903. The molecule has 0 heteroatoms. The van der Waals surface area contributed by atoms with Crippen molar-refractivity contribution in [1.29, 1.82) is 0 Å². The largest absolute Gasteiger partial charge is 0.103 e. The topological polar surface area (TPSA) is 0 Å². The van der Waals surface area contributed by atoms with Crippen LogP contribution in [0.15, 0.2) is 12.7 Å². The van der Waals surface area contributed by atoms with Gasteiger partial charge in [0.15, 0.2) is 0 Å². The van der Waals surface area contributed by atoms with Gasteiger partial charge in [-0.1, -0.05) is 92.6 Å². The lowest BCUT2D eigenvalue weighted by molar-refractivity contribution is 0.451. The molecule has 0 fully saturated rings. The first-order valence-electron chi connectivity index (χ1n) is 8.10. The van der Waals surface area contributed by atoms with Crippen molar-refractivity contribution in [2.75, 3.05) is 0 Å². The van der Waals surface area contributed by atoms with Gasteiger partial charge >= 0.3 is 0 Å². The summed E-state index contributed by atoms with van der Waals surface area (Å²) in [4.78, 5) is 0. The molecule has 0 aliphatic carbocycles. The summed E-state index contributed by atoms with van der Waals surface area (Å²) in [5.74, 6) is 1.90. The van der Waals surface area contributed by atoms with E-state index in [-0.39, 0.29) is 0 Å². The normalized spacial score (nSPS) is 9.39. The summed E-state index contributed by atoms with van der Waals surface area (Å²) in [7, 11) is 0. The molecule has 0 aliphatic rings. The van der Waals surface area contributed by atoms with Crippen LogP contribution in [-0.4, -0.2) is 0 Å². The Morgan fingerprint density at radius 2 is 1.33 bits per heavy atom. The summed E-state index contributed by atoms with van der Waals surface area (Å²) in [5.41, 5.74) is 0. The number of unbranched alkanes of at least 4 members (excludes halogenated alkanes) is 1. The smallest absolute Gasteiger partial charge is 0.0420 e. The van der Waals surface area contributed by atoms with Gasteiger partial charge in [0.25, 0.3) is 0 Å². The first-order chi connectivity index (χ1) is 8.53. The zero-order chi connectivity index (χ0) is 14.8. The molecule has 18 heavy (non-hydrogen) atoms. The Labute approximate surface area is 118 Å². The molecule has 0 unspecified atom stereocenters. The van der Waals surface area contributed by atoms with Crippen molar-refractivity contribution >= 4 is 0 Å². The minimum atomic E-state index is 0.903. The fourth-order valence-corrected chi connectivity index (χ4v) is 1.72. The molecule has 0 heterocycles. The van der Waals surface area contributed by atoms with E-state index in [4.69, 9.17) is 0 Å². The van der Waals surface area contributed by atoms with Crippen LogP contribution >= 0.6 is 0 Å². The molecule has 0 aliphatic heterocycles. The molecule has 0 aromatic heterocycles. The molecule has 0 aromatic carbocycles. The van der Waals surface area contributed by atoms with Crippen molar-refractivity contribution < 1.29 is 0 Å². The number of rotatable bonds is 7. The summed E-state index contributed by atoms with van der Waals surface area (Å²) >= 11 is 0. The Morgan fingerprint density at radius 3 is 1.44 bits per heavy atom. The van der Waals surface area contributed by atoms with Gasteiger partial charge < -0.3 is 0 Å². The average Bonchev–Trinajstić information content (AvgIpc) is 2.35. The highest BCUT2D eigenvalue weighted by Gasteiger charge is 1.98. The number of allylic oxidation sites excluding steroid dienone is 1. The third kappa shape index (κ3) is 29.6. The molecule has 0 spiro atoms. The molecule has 0 saturated carbocycles. The third-order valence-corrected chi connectivity index (χ3v) is 2.99.